The monoisotopic (exact) mass is 246 g/mol. The highest BCUT2D eigenvalue weighted by molar-refractivity contribution is 5.58. The topological polar surface area (TPSA) is 66.0 Å². The molecule has 0 aliphatic rings. The van der Waals surface area contributed by atoms with Crippen molar-refractivity contribution in [3.05, 3.63) is 41.3 Å². The van der Waals surface area contributed by atoms with Crippen molar-refractivity contribution in [1.29, 1.82) is 5.26 Å². The third-order valence-corrected chi connectivity index (χ3v) is 2.44. The van der Waals surface area contributed by atoms with E-state index in [0.29, 0.717) is 23.9 Å². The van der Waals surface area contributed by atoms with Crippen LogP contribution in [0.2, 0.25) is 0 Å². The average Bonchev–Trinajstić information content (AvgIpc) is 2.74. The summed E-state index contributed by atoms with van der Waals surface area (Å²) in [7, 11) is 1.78. The van der Waals surface area contributed by atoms with E-state index >= 15 is 0 Å². The van der Waals surface area contributed by atoms with Crippen LogP contribution in [0.3, 0.4) is 0 Å². The van der Waals surface area contributed by atoms with E-state index < -0.39 is 5.82 Å². The number of anilines is 1. The van der Waals surface area contributed by atoms with Gasteiger partial charge < -0.3 is 9.42 Å². The summed E-state index contributed by atoms with van der Waals surface area (Å²) in [5.74, 6) is 0.570. The maximum absolute atomic E-state index is 13.0. The molecule has 1 heterocycles. The zero-order valence-electron chi connectivity index (χ0n) is 10.0. The fourth-order valence-corrected chi connectivity index (χ4v) is 1.63. The molecule has 1 aromatic heterocycles. The lowest BCUT2D eigenvalue weighted by atomic mass is 10.1. The second-order valence-corrected chi connectivity index (χ2v) is 3.86. The van der Waals surface area contributed by atoms with Crippen LogP contribution in [0.15, 0.2) is 22.7 Å². The van der Waals surface area contributed by atoms with Crippen LogP contribution in [-0.4, -0.2) is 17.2 Å². The van der Waals surface area contributed by atoms with Gasteiger partial charge in [0.2, 0.25) is 5.89 Å². The minimum absolute atomic E-state index is 0.276. The van der Waals surface area contributed by atoms with Crippen LogP contribution in [-0.2, 0) is 6.54 Å². The summed E-state index contributed by atoms with van der Waals surface area (Å²) in [5.41, 5.74) is 0.902. The van der Waals surface area contributed by atoms with E-state index in [4.69, 9.17) is 9.78 Å². The van der Waals surface area contributed by atoms with Crippen LogP contribution in [0.4, 0.5) is 10.1 Å². The van der Waals surface area contributed by atoms with Crippen LogP contribution in [0, 0.1) is 24.1 Å². The maximum atomic E-state index is 13.0. The lowest BCUT2D eigenvalue weighted by molar-refractivity contribution is 0.387. The molecule has 0 spiro atoms. The second-order valence-electron chi connectivity index (χ2n) is 3.86. The Morgan fingerprint density at radius 2 is 2.28 bits per heavy atom. The van der Waals surface area contributed by atoms with Gasteiger partial charge in [0, 0.05) is 14.0 Å². The van der Waals surface area contributed by atoms with E-state index in [9.17, 15) is 4.39 Å². The first-order chi connectivity index (χ1) is 8.60. The third-order valence-electron chi connectivity index (χ3n) is 2.44. The molecule has 0 amide bonds. The number of hydrogen-bond donors (Lipinski definition) is 0. The van der Waals surface area contributed by atoms with Crippen molar-refractivity contribution in [3.8, 4) is 6.07 Å². The summed E-state index contributed by atoms with van der Waals surface area (Å²) in [6.07, 6.45) is 0. The zero-order valence-corrected chi connectivity index (χ0v) is 10.0. The van der Waals surface area contributed by atoms with Gasteiger partial charge in [-0.05, 0) is 18.2 Å². The van der Waals surface area contributed by atoms with Gasteiger partial charge in [0.1, 0.15) is 11.9 Å². The van der Waals surface area contributed by atoms with E-state index in [1.54, 1.807) is 24.9 Å². The van der Waals surface area contributed by atoms with Crippen molar-refractivity contribution >= 4 is 5.69 Å². The first-order valence-electron chi connectivity index (χ1n) is 5.30. The number of hydrogen-bond acceptors (Lipinski definition) is 5. The Labute approximate surface area is 103 Å². The molecule has 0 radical (unpaired) electrons. The van der Waals surface area contributed by atoms with Crippen molar-refractivity contribution in [1.82, 2.24) is 10.1 Å². The molecule has 0 aliphatic heterocycles. The number of nitriles is 1. The van der Waals surface area contributed by atoms with Gasteiger partial charge in [0.15, 0.2) is 5.82 Å². The highest BCUT2D eigenvalue weighted by Gasteiger charge is 2.11. The molecule has 0 saturated heterocycles. The lowest BCUT2D eigenvalue weighted by Gasteiger charge is -2.18. The Bertz CT molecular complexity index is 602. The molecule has 0 fully saturated rings. The molecule has 0 atom stereocenters. The molecule has 0 unspecified atom stereocenters. The van der Waals surface area contributed by atoms with E-state index in [0.717, 1.165) is 0 Å². The molecule has 0 N–H and O–H groups in total. The molecule has 1 aromatic carbocycles. The molecule has 18 heavy (non-hydrogen) atoms. The normalized spacial score (nSPS) is 10.1. The number of halogens is 1. The predicted molar refractivity (Wildman–Crippen MR) is 62.3 cm³/mol. The van der Waals surface area contributed by atoms with Crippen LogP contribution in [0.1, 0.15) is 17.3 Å². The minimum Gasteiger partial charge on any atom is -0.366 e. The summed E-state index contributed by atoms with van der Waals surface area (Å²) in [5, 5.41) is 12.7. The van der Waals surface area contributed by atoms with E-state index in [-0.39, 0.29) is 5.56 Å². The molecule has 5 nitrogen and oxygen atoms in total. The number of aryl methyl sites for hydroxylation is 1. The molecule has 0 aliphatic carbocycles. The predicted octanol–water partition coefficient (Wildman–Crippen LogP) is 2.03. The van der Waals surface area contributed by atoms with Gasteiger partial charge in [-0.2, -0.15) is 10.2 Å². The maximum Gasteiger partial charge on any atom is 0.223 e. The van der Waals surface area contributed by atoms with Gasteiger partial charge in [0.25, 0.3) is 0 Å². The first-order valence-corrected chi connectivity index (χ1v) is 5.30. The van der Waals surface area contributed by atoms with E-state index in [1.165, 1.54) is 12.1 Å². The Kier molecular flexibility index (Phi) is 3.24. The van der Waals surface area contributed by atoms with Crippen molar-refractivity contribution in [2.45, 2.75) is 13.5 Å². The average molecular weight is 246 g/mol. The summed E-state index contributed by atoms with van der Waals surface area (Å²) in [4.78, 5) is 5.84. The van der Waals surface area contributed by atoms with Gasteiger partial charge in [-0.15, -0.1) is 0 Å². The van der Waals surface area contributed by atoms with Crippen molar-refractivity contribution in [2.24, 2.45) is 0 Å². The van der Waals surface area contributed by atoms with Gasteiger partial charge in [0.05, 0.1) is 17.8 Å². The van der Waals surface area contributed by atoms with Gasteiger partial charge >= 0.3 is 0 Å². The largest absolute Gasteiger partial charge is 0.366 e. The Morgan fingerprint density at radius 3 is 2.89 bits per heavy atom. The smallest absolute Gasteiger partial charge is 0.223 e. The second kappa shape index (κ2) is 4.84. The summed E-state index contributed by atoms with van der Waals surface area (Å²) in [6, 6.07) is 6.03. The van der Waals surface area contributed by atoms with Crippen molar-refractivity contribution in [2.75, 3.05) is 11.9 Å². The first kappa shape index (κ1) is 12.0. The van der Waals surface area contributed by atoms with E-state index in [2.05, 4.69) is 10.1 Å². The Hall–Kier alpha value is -2.42. The fourth-order valence-electron chi connectivity index (χ4n) is 1.63. The van der Waals surface area contributed by atoms with Crippen molar-refractivity contribution < 1.29 is 8.91 Å². The van der Waals surface area contributed by atoms with Gasteiger partial charge in [-0.25, -0.2) is 4.39 Å². The molecule has 2 aromatic rings. The quantitative estimate of drug-likeness (QED) is 0.828. The van der Waals surface area contributed by atoms with E-state index in [1.807, 2.05) is 6.07 Å². The molecule has 2 rings (SSSR count). The third kappa shape index (κ3) is 2.46. The molecular weight excluding hydrogens is 235 g/mol. The summed E-state index contributed by atoms with van der Waals surface area (Å²) in [6.45, 7) is 2.09. The number of rotatable bonds is 3. The molecule has 0 saturated carbocycles. The highest BCUT2D eigenvalue weighted by atomic mass is 19.1. The number of benzene rings is 1. The highest BCUT2D eigenvalue weighted by Crippen LogP contribution is 2.21. The standard InChI is InChI=1S/C12H11FN4O/c1-8-15-12(16-18-8)7-17(2)11-4-3-10(13)5-9(11)6-14/h3-5H,7H2,1-2H3. The minimum atomic E-state index is -0.431. The summed E-state index contributed by atoms with van der Waals surface area (Å²) < 4.78 is 17.9. The van der Waals surface area contributed by atoms with Crippen LogP contribution in [0.5, 0.6) is 0 Å². The van der Waals surface area contributed by atoms with Crippen LogP contribution < -0.4 is 4.90 Å². The van der Waals surface area contributed by atoms with Gasteiger partial charge in [-0.1, -0.05) is 5.16 Å². The Balaban J connectivity index is 2.24. The molecule has 0 bridgehead atoms. The van der Waals surface area contributed by atoms with Crippen molar-refractivity contribution in [3.63, 3.8) is 0 Å². The lowest BCUT2D eigenvalue weighted by Crippen LogP contribution is -2.18. The SMILES string of the molecule is Cc1nc(CN(C)c2ccc(F)cc2C#N)no1. The zero-order chi connectivity index (χ0) is 13.1. The van der Waals surface area contributed by atoms with Gasteiger partial charge in [-0.3, -0.25) is 0 Å². The number of nitrogens with zero attached hydrogens (tertiary/aromatic N) is 4. The van der Waals surface area contributed by atoms with Crippen LogP contribution in [0.25, 0.3) is 0 Å². The molecular formula is C12H11FN4O. The Morgan fingerprint density at radius 1 is 1.50 bits per heavy atom. The van der Waals surface area contributed by atoms with Crippen LogP contribution >= 0.6 is 0 Å². The molecule has 6 heteroatoms. The number of aromatic nitrogens is 2. The fraction of sp³-hybridized carbons (Fsp3) is 0.250. The summed E-state index contributed by atoms with van der Waals surface area (Å²) >= 11 is 0. The molecule has 92 valence electrons.